The van der Waals surface area contributed by atoms with Gasteiger partial charge in [0.15, 0.2) is 0 Å². The van der Waals surface area contributed by atoms with Crippen molar-refractivity contribution < 1.29 is 0 Å². The predicted octanol–water partition coefficient (Wildman–Crippen LogP) is 0.706. The molecule has 8 heavy (non-hydrogen) atoms. The Morgan fingerprint density at radius 3 is 2.75 bits per heavy atom. The minimum atomic E-state index is 0.263. The molecule has 0 spiro atoms. The molecule has 3 heteroatoms. The van der Waals surface area contributed by atoms with Crippen molar-refractivity contribution in [2.45, 2.75) is 17.4 Å². The van der Waals surface area contributed by atoms with Crippen molar-refractivity contribution >= 4 is 22.6 Å². The molecule has 0 saturated heterocycles. The second-order valence-corrected chi connectivity index (χ2v) is 3.32. The fraction of sp³-hybridized carbons (Fsp3) is 1.00. The Kier molecular flexibility index (Phi) is 6.25. The van der Waals surface area contributed by atoms with Gasteiger partial charge in [-0.2, -0.15) is 0 Å². The highest BCUT2D eigenvalue weighted by Crippen LogP contribution is 1.86. The van der Waals surface area contributed by atoms with E-state index >= 15 is 0 Å². The summed E-state index contributed by atoms with van der Waals surface area (Å²) >= 11 is 2.20. The molecule has 0 aliphatic rings. The molecule has 0 heterocycles. The average molecular weight is 228 g/mol. The highest BCUT2D eigenvalue weighted by molar-refractivity contribution is 14.1. The monoisotopic (exact) mass is 228 g/mol. The van der Waals surface area contributed by atoms with E-state index in [9.17, 15) is 0 Å². The van der Waals surface area contributed by atoms with Crippen LogP contribution in [0.15, 0.2) is 0 Å². The van der Waals surface area contributed by atoms with Crippen LogP contribution in [0.5, 0.6) is 0 Å². The van der Waals surface area contributed by atoms with Gasteiger partial charge in [0, 0.05) is 6.54 Å². The highest BCUT2D eigenvalue weighted by atomic mass is 127. The van der Waals surface area contributed by atoms with Crippen LogP contribution >= 0.6 is 22.6 Å². The predicted molar refractivity (Wildman–Crippen MR) is 45.2 cm³/mol. The standard InChI is InChI=1S/C5H13IN2/c1-2-3-8-4-5(6)7/h5,8H,2-4,7H2,1H3/t5-/m1/s1. The Balaban J connectivity index is 2.72. The third-order valence-corrected chi connectivity index (χ3v) is 1.21. The van der Waals surface area contributed by atoms with Crippen molar-refractivity contribution in [1.29, 1.82) is 0 Å². The van der Waals surface area contributed by atoms with Crippen LogP contribution in [0.4, 0.5) is 0 Å². The third-order valence-electron chi connectivity index (χ3n) is 0.766. The van der Waals surface area contributed by atoms with Gasteiger partial charge >= 0.3 is 0 Å². The molecule has 0 fully saturated rings. The van der Waals surface area contributed by atoms with E-state index in [0.29, 0.717) is 0 Å². The first-order valence-electron chi connectivity index (χ1n) is 2.87. The lowest BCUT2D eigenvalue weighted by Gasteiger charge is -2.02. The Morgan fingerprint density at radius 1 is 1.75 bits per heavy atom. The summed E-state index contributed by atoms with van der Waals surface area (Å²) in [7, 11) is 0. The van der Waals surface area contributed by atoms with Gasteiger partial charge in [0.2, 0.25) is 0 Å². The van der Waals surface area contributed by atoms with Crippen LogP contribution in [0.25, 0.3) is 0 Å². The maximum absolute atomic E-state index is 5.46. The maximum Gasteiger partial charge on any atom is 0.0695 e. The van der Waals surface area contributed by atoms with Gasteiger partial charge in [-0.1, -0.05) is 29.5 Å². The molecule has 0 rings (SSSR count). The quantitative estimate of drug-likeness (QED) is 0.322. The second kappa shape index (κ2) is 5.78. The van der Waals surface area contributed by atoms with Gasteiger partial charge in [-0.15, -0.1) is 0 Å². The number of halogens is 1. The summed E-state index contributed by atoms with van der Waals surface area (Å²) in [6.45, 7) is 4.15. The van der Waals surface area contributed by atoms with E-state index < -0.39 is 0 Å². The molecule has 0 radical (unpaired) electrons. The van der Waals surface area contributed by atoms with Crippen molar-refractivity contribution in [1.82, 2.24) is 5.32 Å². The zero-order valence-electron chi connectivity index (χ0n) is 5.15. The minimum absolute atomic E-state index is 0.263. The fourth-order valence-electron chi connectivity index (χ4n) is 0.417. The zero-order valence-corrected chi connectivity index (χ0v) is 7.31. The molecule has 0 aliphatic heterocycles. The molecule has 0 aromatic rings. The average Bonchev–Trinajstić information content (AvgIpc) is 1.66. The molecule has 0 bridgehead atoms. The van der Waals surface area contributed by atoms with Gasteiger partial charge in [0.1, 0.15) is 0 Å². The van der Waals surface area contributed by atoms with E-state index in [2.05, 4.69) is 34.8 Å². The molecular formula is C5H13IN2. The van der Waals surface area contributed by atoms with E-state index in [0.717, 1.165) is 13.1 Å². The number of rotatable bonds is 4. The van der Waals surface area contributed by atoms with E-state index in [1.54, 1.807) is 0 Å². The first kappa shape index (κ1) is 8.65. The second-order valence-electron chi connectivity index (χ2n) is 1.72. The summed E-state index contributed by atoms with van der Waals surface area (Å²) in [5.41, 5.74) is 5.46. The lowest BCUT2D eigenvalue weighted by atomic mass is 10.5. The van der Waals surface area contributed by atoms with E-state index in [-0.39, 0.29) is 4.05 Å². The lowest BCUT2D eigenvalue weighted by Crippen LogP contribution is -2.28. The molecule has 50 valence electrons. The molecule has 0 aliphatic carbocycles. The molecule has 0 aromatic carbocycles. The first-order chi connectivity index (χ1) is 3.77. The van der Waals surface area contributed by atoms with Crippen LogP contribution in [0.1, 0.15) is 13.3 Å². The normalized spacial score (nSPS) is 13.9. The number of hydrogen-bond donors (Lipinski definition) is 2. The van der Waals surface area contributed by atoms with Crippen molar-refractivity contribution in [3.05, 3.63) is 0 Å². The molecule has 2 nitrogen and oxygen atoms in total. The van der Waals surface area contributed by atoms with Gasteiger partial charge < -0.3 is 11.1 Å². The van der Waals surface area contributed by atoms with E-state index in [1.807, 2.05) is 0 Å². The third kappa shape index (κ3) is 6.65. The summed E-state index contributed by atoms with van der Waals surface area (Å²) in [4.78, 5) is 0. The maximum atomic E-state index is 5.46. The largest absolute Gasteiger partial charge is 0.318 e. The molecule has 0 aromatic heterocycles. The van der Waals surface area contributed by atoms with E-state index in [4.69, 9.17) is 5.73 Å². The van der Waals surface area contributed by atoms with Gasteiger partial charge in [-0.3, -0.25) is 0 Å². The summed E-state index contributed by atoms with van der Waals surface area (Å²) in [5.74, 6) is 0. The van der Waals surface area contributed by atoms with Gasteiger partial charge in [-0.05, 0) is 13.0 Å². The van der Waals surface area contributed by atoms with Crippen molar-refractivity contribution in [2.24, 2.45) is 5.73 Å². The van der Waals surface area contributed by atoms with Crippen LogP contribution in [0.2, 0.25) is 0 Å². The molecule has 0 amide bonds. The summed E-state index contributed by atoms with van der Waals surface area (Å²) < 4.78 is 0.263. The van der Waals surface area contributed by atoms with Crippen LogP contribution in [0.3, 0.4) is 0 Å². The van der Waals surface area contributed by atoms with Crippen LogP contribution in [0, 0.1) is 0 Å². The number of hydrogen-bond acceptors (Lipinski definition) is 2. The summed E-state index contributed by atoms with van der Waals surface area (Å²) in [5, 5.41) is 3.20. The van der Waals surface area contributed by atoms with Gasteiger partial charge in [0.05, 0.1) is 4.05 Å². The van der Waals surface area contributed by atoms with Gasteiger partial charge in [-0.25, -0.2) is 0 Å². The minimum Gasteiger partial charge on any atom is -0.318 e. The van der Waals surface area contributed by atoms with Crippen LogP contribution in [-0.2, 0) is 0 Å². The Bertz CT molecular complexity index is 47.7. The summed E-state index contributed by atoms with van der Waals surface area (Å²) in [6.07, 6.45) is 1.18. The first-order valence-corrected chi connectivity index (χ1v) is 4.12. The van der Waals surface area contributed by atoms with Crippen LogP contribution < -0.4 is 11.1 Å². The number of nitrogens with two attached hydrogens (primary N) is 1. The SMILES string of the molecule is CCCNC[C@@H](N)I. The van der Waals surface area contributed by atoms with Gasteiger partial charge in [0.25, 0.3) is 0 Å². The fourth-order valence-corrected chi connectivity index (χ4v) is 0.728. The Morgan fingerprint density at radius 2 is 2.38 bits per heavy atom. The number of nitrogens with one attached hydrogen (secondary N) is 1. The molecule has 1 atom stereocenters. The van der Waals surface area contributed by atoms with Crippen molar-refractivity contribution in [2.75, 3.05) is 13.1 Å². The molecule has 0 unspecified atom stereocenters. The van der Waals surface area contributed by atoms with Crippen molar-refractivity contribution in [3.63, 3.8) is 0 Å². The molecule has 0 saturated carbocycles. The highest BCUT2D eigenvalue weighted by Gasteiger charge is 1.90. The topological polar surface area (TPSA) is 38.0 Å². The number of alkyl halides is 1. The van der Waals surface area contributed by atoms with E-state index in [1.165, 1.54) is 6.42 Å². The van der Waals surface area contributed by atoms with Crippen LogP contribution in [-0.4, -0.2) is 17.1 Å². The Labute approximate surface area is 64.4 Å². The molecular weight excluding hydrogens is 215 g/mol. The lowest BCUT2D eigenvalue weighted by molar-refractivity contribution is 0.669. The zero-order chi connectivity index (χ0) is 6.41. The van der Waals surface area contributed by atoms with Crippen molar-refractivity contribution in [3.8, 4) is 0 Å². The smallest absolute Gasteiger partial charge is 0.0695 e. The molecule has 3 N–H and O–H groups in total. The summed E-state index contributed by atoms with van der Waals surface area (Å²) in [6, 6.07) is 0. The Hall–Kier alpha value is 0.650.